The lowest BCUT2D eigenvalue weighted by molar-refractivity contribution is 0.182. The number of nitrogens with zero attached hydrogens (tertiary/aromatic N) is 2. The summed E-state index contributed by atoms with van der Waals surface area (Å²) < 4.78 is 2.05. The fourth-order valence-electron chi connectivity index (χ4n) is 1.22. The van der Waals surface area contributed by atoms with Crippen molar-refractivity contribution in [2.75, 3.05) is 6.54 Å². The van der Waals surface area contributed by atoms with Gasteiger partial charge in [0.05, 0.1) is 12.0 Å². The van der Waals surface area contributed by atoms with Crippen molar-refractivity contribution in [1.82, 2.24) is 9.55 Å². The molecule has 1 fully saturated rings. The second-order valence-electron chi connectivity index (χ2n) is 3.23. The lowest BCUT2D eigenvalue weighted by Gasteiger charge is -2.01. The molecular weight excluding hydrogens is 154 g/mol. The molecule has 1 aromatic rings. The number of nitrogens with two attached hydrogens (primary N) is 1. The van der Waals surface area contributed by atoms with Crippen molar-refractivity contribution in [3.8, 4) is 0 Å². The Bertz CT molecular complexity index is 267. The van der Waals surface area contributed by atoms with Gasteiger partial charge in [-0.25, -0.2) is 4.98 Å². The minimum absolute atomic E-state index is 0.238. The van der Waals surface area contributed by atoms with Crippen LogP contribution in [0.1, 0.15) is 30.7 Å². The Kier molecular flexibility index (Phi) is 1.86. The largest absolute Gasteiger partial charge is 0.385 e. The zero-order valence-corrected chi connectivity index (χ0v) is 6.85. The van der Waals surface area contributed by atoms with Crippen molar-refractivity contribution in [3.63, 3.8) is 0 Å². The van der Waals surface area contributed by atoms with Crippen LogP contribution in [0.2, 0.25) is 0 Å². The zero-order chi connectivity index (χ0) is 8.55. The summed E-state index contributed by atoms with van der Waals surface area (Å²) in [6.45, 7) is 0.238. The number of imidazole rings is 1. The smallest absolute Gasteiger partial charge is 0.110 e. The van der Waals surface area contributed by atoms with E-state index in [1.54, 1.807) is 6.33 Å². The van der Waals surface area contributed by atoms with Gasteiger partial charge in [0.15, 0.2) is 0 Å². The van der Waals surface area contributed by atoms with Crippen molar-refractivity contribution in [2.45, 2.75) is 25.0 Å². The summed E-state index contributed by atoms with van der Waals surface area (Å²) in [5, 5.41) is 9.34. The van der Waals surface area contributed by atoms with Crippen LogP contribution in [-0.4, -0.2) is 21.2 Å². The van der Waals surface area contributed by atoms with Gasteiger partial charge in [-0.15, -0.1) is 0 Å². The van der Waals surface area contributed by atoms with Gasteiger partial charge in [-0.1, -0.05) is 0 Å². The first-order valence-electron chi connectivity index (χ1n) is 4.22. The van der Waals surface area contributed by atoms with E-state index in [0.29, 0.717) is 11.7 Å². The fourth-order valence-corrected chi connectivity index (χ4v) is 1.22. The van der Waals surface area contributed by atoms with Crippen LogP contribution >= 0.6 is 0 Å². The van der Waals surface area contributed by atoms with E-state index in [-0.39, 0.29) is 6.54 Å². The zero-order valence-electron chi connectivity index (χ0n) is 6.85. The van der Waals surface area contributed by atoms with Gasteiger partial charge < -0.3 is 15.4 Å². The fraction of sp³-hybridized carbons (Fsp3) is 0.625. The molecule has 66 valence electrons. The van der Waals surface area contributed by atoms with Gasteiger partial charge in [-0.3, -0.25) is 0 Å². The topological polar surface area (TPSA) is 64.1 Å². The number of hydrogen-bond donors (Lipinski definition) is 2. The molecule has 4 heteroatoms. The predicted molar refractivity (Wildman–Crippen MR) is 44.5 cm³/mol. The SMILES string of the molecule is NCC(O)c1cn(C2CC2)cn1. The van der Waals surface area contributed by atoms with Crippen molar-refractivity contribution in [3.05, 3.63) is 18.2 Å². The van der Waals surface area contributed by atoms with Crippen LogP contribution in [0.25, 0.3) is 0 Å². The molecule has 2 rings (SSSR count). The number of aromatic nitrogens is 2. The van der Waals surface area contributed by atoms with Crippen LogP contribution in [0, 0.1) is 0 Å². The summed E-state index contributed by atoms with van der Waals surface area (Å²) in [7, 11) is 0. The maximum atomic E-state index is 9.34. The molecule has 0 bridgehead atoms. The quantitative estimate of drug-likeness (QED) is 0.676. The molecule has 0 radical (unpaired) electrons. The van der Waals surface area contributed by atoms with Gasteiger partial charge in [0.2, 0.25) is 0 Å². The summed E-state index contributed by atoms with van der Waals surface area (Å²) in [5.41, 5.74) is 5.99. The molecule has 0 aliphatic heterocycles. The molecule has 1 unspecified atom stereocenters. The second kappa shape index (κ2) is 2.88. The minimum atomic E-state index is -0.606. The highest BCUT2D eigenvalue weighted by Crippen LogP contribution is 2.34. The maximum absolute atomic E-state index is 9.34. The third kappa shape index (κ3) is 1.35. The van der Waals surface area contributed by atoms with E-state index < -0.39 is 6.10 Å². The van der Waals surface area contributed by atoms with Crippen molar-refractivity contribution in [1.29, 1.82) is 0 Å². The Morgan fingerprint density at radius 1 is 1.75 bits per heavy atom. The van der Waals surface area contributed by atoms with Crippen molar-refractivity contribution < 1.29 is 5.11 Å². The molecule has 1 saturated carbocycles. The van der Waals surface area contributed by atoms with E-state index in [4.69, 9.17) is 5.73 Å². The van der Waals surface area contributed by atoms with Gasteiger partial charge in [0.25, 0.3) is 0 Å². The Morgan fingerprint density at radius 3 is 3.08 bits per heavy atom. The first-order chi connectivity index (χ1) is 5.81. The lowest BCUT2D eigenvalue weighted by atomic mass is 10.3. The average molecular weight is 167 g/mol. The Balaban J connectivity index is 2.12. The monoisotopic (exact) mass is 167 g/mol. The molecular formula is C8H13N3O. The van der Waals surface area contributed by atoms with E-state index >= 15 is 0 Å². The molecule has 12 heavy (non-hydrogen) atoms. The molecule has 1 aromatic heterocycles. The Labute approximate surface area is 71.0 Å². The molecule has 3 N–H and O–H groups in total. The van der Waals surface area contributed by atoms with E-state index in [2.05, 4.69) is 4.98 Å². The van der Waals surface area contributed by atoms with Gasteiger partial charge >= 0.3 is 0 Å². The van der Waals surface area contributed by atoms with Crippen LogP contribution in [0.5, 0.6) is 0 Å². The third-order valence-corrected chi connectivity index (χ3v) is 2.15. The third-order valence-electron chi connectivity index (χ3n) is 2.15. The normalized spacial score (nSPS) is 19.5. The highest BCUT2D eigenvalue weighted by molar-refractivity contribution is 5.04. The summed E-state index contributed by atoms with van der Waals surface area (Å²) >= 11 is 0. The van der Waals surface area contributed by atoms with Crippen molar-refractivity contribution in [2.24, 2.45) is 5.73 Å². The number of aliphatic hydroxyl groups is 1. The molecule has 1 heterocycles. The molecule has 1 aliphatic rings. The van der Waals surface area contributed by atoms with Crippen LogP contribution in [-0.2, 0) is 0 Å². The van der Waals surface area contributed by atoms with E-state index in [9.17, 15) is 5.11 Å². The predicted octanol–water partition coefficient (Wildman–Crippen LogP) is 0.210. The maximum Gasteiger partial charge on any atom is 0.110 e. The van der Waals surface area contributed by atoms with Gasteiger partial charge in [-0.05, 0) is 12.8 Å². The summed E-state index contributed by atoms with van der Waals surface area (Å²) in [4.78, 5) is 4.08. The van der Waals surface area contributed by atoms with Crippen LogP contribution in [0.15, 0.2) is 12.5 Å². The molecule has 4 nitrogen and oxygen atoms in total. The van der Waals surface area contributed by atoms with Gasteiger partial charge in [0, 0.05) is 18.8 Å². The molecule has 1 atom stereocenters. The first-order valence-corrected chi connectivity index (χ1v) is 4.22. The molecule has 0 saturated heterocycles. The Morgan fingerprint density at radius 2 is 2.50 bits per heavy atom. The molecule has 0 amide bonds. The van der Waals surface area contributed by atoms with E-state index in [1.165, 1.54) is 12.8 Å². The highest BCUT2D eigenvalue weighted by Gasteiger charge is 2.23. The lowest BCUT2D eigenvalue weighted by Crippen LogP contribution is -2.11. The van der Waals surface area contributed by atoms with Crippen molar-refractivity contribution >= 4 is 0 Å². The van der Waals surface area contributed by atoms with Crippen LogP contribution < -0.4 is 5.73 Å². The minimum Gasteiger partial charge on any atom is -0.385 e. The average Bonchev–Trinajstić information content (AvgIpc) is 2.83. The molecule has 1 aliphatic carbocycles. The number of aliphatic hydroxyl groups excluding tert-OH is 1. The number of rotatable bonds is 3. The second-order valence-corrected chi connectivity index (χ2v) is 3.23. The Hall–Kier alpha value is -0.870. The molecule has 0 spiro atoms. The van der Waals surface area contributed by atoms with Gasteiger partial charge in [-0.2, -0.15) is 0 Å². The first kappa shape index (κ1) is 7.76. The summed E-state index contributed by atoms with van der Waals surface area (Å²) in [6, 6.07) is 0.622. The standard InChI is InChI=1S/C8H13N3O/c9-3-8(12)7-4-11(5-10-7)6-1-2-6/h4-6,8,12H,1-3,9H2. The van der Waals surface area contributed by atoms with Crippen LogP contribution in [0.4, 0.5) is 0 Å². The van der Waals surface area contributed by atoms with Crippen LogP contribution in [0.3, 0.4) is 0 Å². The number of hydrogen-bond acceptors (Lipinski definition) is 3. The van der Waals surface area contributed by atoms with E-state index in [0.717, 1.165) is 0 Å². The summed E-state index contributed by atoms with van der Waals surface area (Å²) in [6.07, 6.45) is 5.51. The highest BCUT2D eigenvalue weighted by atomic mass is 16.3. The summed E-state index contributed by atoms with van der Waals surface area (Å²) in [5.74, 6) is 0. The van der Waals surface area contributed by atoms with Gasteiger partial charge in [0.1, 0.15) is 6.10 Å². The molecule has 0 aromatic carbocycles. The van der Waals surface area contributed by atoms with E-state index in [1.807, 2.05) is 10.8 Å².